The van der Waals surface area contributed by atoms with E-state index in [1.54, 1.807) is 4.90 Å². The molecular formula is C13H21N3O4. The number of imide groups is 1. The first-order valence-electron chi connectivity index (χ1n) is 6.85. The van der Waals surface area contributed by atoms with Gasteiger partial charge in [0.1, 0.15) is 11.6 Å². The molecule has 2 aliphatic rings. The predicted octanol–water partition coefficient (Wildman–Crippen LogP) is 0.841. The summed E-state index contributed by atoms with van der Waals surface area (Å²) in [5, 5.41) is 4.86. The molecule has 0 unspecified atom stereocenters. The Hall–Kier alpha value is -1.79. The zero-order chi connectivity index (χ0) is 14.9. The lowest BCUT2D eigenvalue weighted by Crippen LogP contribution is -2.47. The minimum Gasteiger partial charge on any atom is -0.444 e. The molecule has 1 atom stereocenters. The van der Waals surface area contributed by atoms with Crippen LogP contribution in [0.2, 0.25) is 0 Å². The lowest BCUT2D eigenvalue weighted by molar-refractivity contribution is -0.121. The number of nitrogens with one attached hydrogen (secondary N) is 2. The van der Waals surface area contributed by atoms with E-state index < -0.39 is 17.7 Å². The molecule has 0 aromatic rings. The molecule has 2 saturated heterocycles. The molecule has 2 aliphatic heterocycles. The van der Waals surface area contributed by atoms with Crippen LogP contribution in [-0.2, 0) is 9.53 Å². The molecule has 0 spiro atoms. The second-order valence-electron chi connectivity index (χ2n) is 6.25. The Morgan fingerprint density at radius 3 is 2.30 bits per heavy atom. The van der Waals surface area contributed by atoms with Gasteiger partial charge < -0.3 is 15.0 Å². The molecule has 2 N–H and O–H groups in total. The van der Waals surface area contributed by atoms with E-state index in [0.29, 0.717) is 25.9 Å². The zero-order valence-corrected chi connectivity index (χ0v) is 12.1. The first-order chi connectivity index (χ1) is 9.26. The first kappa shape index (κ1) is 14.6. The van der Waals surface area contributed by atoms with Gasteiger partial charge in [-0.2, -0.15) is 0 Å². The standard InChI is InChI=1S/C13H21N3O4/c1-13(2,3)20-12(19)16-6-4-8(5-7-16)9-10(17)15-11(18)14-9/h8-9H,4-7H2,1-3H3,(H2,14,15,17,18)/t9-/m0/s1. The van der Waals surface area contributed by atoms with E-state index in [9.17, 15) is 14.4 Å². The van der Waals surface area contributed by atoms with Crippen molar-refractivity contribution in [3.05, 3.63) is 0 Å². The number of ether oxygens (including phenoxy) is 1. The fourth-order valence-electron chi connectivity index (χ4n) is 2.51. The van der Waals surface area contributed by atoms with Crippen molar-refractivity contribution in [1.82, 2.24) is 15.5 Å². The van der Waals surface area contributed by atoms with Crippen molar-refractivity contribution in [1.29, 1.82) is 0 Å². The van der Waals surface area contributed by atoms with Crippen molar-refractivity contribution in [3.8, 4) is 0 Å². The summed E-state index contributed by atoms with van der Waals surface area (Å²) in [5.41, 5.74) is -0.507. The maximum atomic E-state index is 11.9. The Morgan fingerprint density at radius 2 is 1.85 bits per heavy atom. The molecule has 4 amide bonds. The summed E-state index contributed by atoms with van der Waals surface area (Å²) >= 11 is 0. The van der Waals surface area contributed by atoms with Crippen molar-refractivity contribution in [2.24, 2.45) is 5.92 Å². The third kappa shape index (κ3) is 3.40. The van der Waals surface area contributed by atoms with Gasteiger partial charge in [0.15, 0.2) is 0 Å². The molecule has 20 heavy (non-hydrogen) atoms. The van der Waals surface area contributed by atoms with Crippen LogP contribution in [0.5, 0.6) is 0 Å². The Bertz CT molecular complexity index is 422. The van der Waals surface area contributed by atoms with E-state index in [1.807, 2.05) is 20.8 Å². The maximum Gasteiger partial charge on any atom is 0.410 e. The fraction of sp³-hybridized carbons (Fsp3) is 0.769. The third-order valence-electron chi connectivity index (χ3n) is 3.47. The molecule has 112 valence electrons. The van der Waals surface area contributed by atoms with Crippen LogP contribution in [0.25, 0.3) is 0 Å². The number of carbonyl (C=O) groups is 3. The first-order valence-corrected chi connectivity index (χ1v) is 6.85. The molecular weight excluding hydrogens is 262 g/mol. The van der Waals surface area contributed by atoms with E-state index in [-0.39, 0.29) is 17.9 Å². The molecule has 0 aromatic heterocycles. The van der Waals surface area contributed by atoms with Crippen molar-refractivity contribution >= 4 is 18.0 Å². The normalized spacial score (nSPS) is 24.4. The van der Waals surface area contributed by atoms with Crippen LogP contribution in [0.3, 0.4) is 0 Å². The average Bonchev–Trinajstić information content (AvgIpc) is 2.66. The summed E-state index contributed by atoms with van der Waals surface area (Å²) in [4.78, 5) is 36.3. The van der Waals surface area contributed by atoms with Gasteiger partial charge in [0.05, 0.1) is 0 Å². The van der Waals surface area contributed by atoms with E-state index in [0.717, 1.165) is 0 Å². The smallest absolute Gasteiger partial charge is 0.410 e. The Balaban J connectivity index is 1.85. The van der Waals surface area contributed by atoms with Gasteiger partial charge in [-0.1, -0.05) is 0 Å². The summed E-state index contributed by atoms with van der Waals surface area (Å²) < 4.78 is 5.31. The summed E-state index contributed by atoms with van der Waals surface area (Å²) in [5.74, 6) is -0.203. The number of likely N-dealkylation sites (tertiary alicyclic amines) is 1. The van der Waals surface area contributed by atoms with Gasteiger partial charge in [-0.25, -0.2) is 9.59 Å². The molecule has 2 fully saturated rings. The summed E-state index contributed by atoms with van der Waals surface area (Å²) in [6.07, 6.45) is 1.03. The second kappa shape index (κ2) is 5.30. The van der Waals surface area contributed by atoms with Crippen LogP contribution < -0.4 is 10.6 Å². The minimum atomic E-state index is -0.507. The number of rotatable bonds is 1. The number of carbonyl (C=O) groups excluding carboxylic acids is 3. The SMILES string of the molecule is CC(C)(C)OC(=O)N1CCC([C@@H]2NC(=O)NC2=O)CC1. The Labute approximate surface area is 118 Å². The largest absolute Gasteiger partial charge is 0.444 e. The quantitative estimate of drug-likeness (QED) is 0.698. The highest BCUT2D eigenvalue weighted by Gasteiger charge is 2.38. The molecule has 0 saturated carbocycles. The Kier molecular flexibility index (Phi) is 3.87. The topological polar surface area (TPSA) is 87.7 Å². The van der Waals surface area contributed by atoms with E-state index >= 15 is 0 Å². The lowest BCUT2D eigenvalue weighted by atomic mass is 9.89. The highest BCUT2D eigenvalue weighted by atomic mass is 16.6. The second-order valence-corrected chi connectivity index (χ2v) is 6.25. The highest BCUT2D eigenvalue weighted by Crippen LogP contribution is 2.23. The molecule has 0 aliphatic carbocycles. The van der Waals surface area contributed by atoms with Crippen LogP contribution in [-0.4, -0.2) is 47.7 Å². The van der Waals surface area contributed by atoms with E-state index in [2.05, 4.69) is 10.6 Å². The van der Waals surface area contributed by atoms with Crippen molar-refractivity contribution in [2.75, 3.05) is 13.1 Å². The van der Waals surface area contributed by atoms with Gasteiger partial charge >= 0.3 is 12.1 Å². The number of hydrogen-bond donors (Lipinski definition) is 2. The predicted molar refractivity (Wildman–Crippen MR) is 71.0 cm³/mol. The van der Waals surface area contributed by atoms with Crippen LogP contribution in [0.4, 0.5) is 9.59 Å². The number of amides is 4. The highest BCUT2D eigenvalue weighted by molar-refractivity contribution is 6.04. The van der Waals surface area contributed by atoms with Crippen LogP contribution in [0.15, 0.2) is 0 Å². The molecule has 0 radical (unpaired) electrons. The van der Waals surface area contributed by atoms with E-state index in [4.69, 9.17) is 4.74 Å². The monoisotopic (exact) mass is 283 g/mol. The van der Waals surface area contributed by atoms with Crippen LogP contribution in [0, 0.1) is 5.92 Å². The zero-order valence-electron chi connectivity index (χ0n) is 12.1. The van der Waals surface area contributed by atoms with Crippen LogP contribution in [0.1, 0.15) is 33.6 Å². The molecule has 7 nitrogen and oxygen atoms in total. The van der Waals surface area contributed by atoms with Crippen molar-refractivity contribution in [3.63, 3.8) is 0 Å². The molecule has 0 bridgehead atoms. The number of piperidine rings is 1. The van der Waals surface area contributed by atoms with Gasteiger partial charge in [-0.3, -0.25) is 10.1 Å². The molecule has 2 heterocycles. The Morgan fingerprint density at radius 1 is 1.25 bits per heavy atom. The van der Waals surface area contributed by atoms with Crippen molar-refractivity contribution < 1.29 is 19.1 Å². The summed E-state index contributed by atoms with van der Waals surface area (Å²) in [6.45, 7) is 6.57. The molecule has 7 heteroatoms. The number of urea groups is 1. The van der Waals surface area contributed by atoms with Gasteiger partial charge in [0, 0.05) is 13.1 Å². The van der Waals surface area contributed by atoms with Gasteiger partial charge in [-0.15, -0.1) is 0 Å². The average molecular weight is 283 g/mol. The van der Waals surface area contributed by atoms with Gasteiger partial charge in [-0.05, 0) is 39.5 Å². The van der Waals surface area contributed by atoms with Crippen LogP contribution >= 0.6 is 0 Å². The van der Waals surface area contributed by atoms with Gasteiger partial charge in [0.25, 0.3) is 5.91 Å². The van der Waals surface area contributed by atoms with Gasteiger partial charge in [0.2, 0.25) is 0 Å². The lowest BCUT2D eigenvalue weighted by Gasteiger charge is -2.34. The fourth-order valence-corrected chi connectivity index (χ4v) is 2.51. The summed E-state index contributed by atoms with van der Waals surface area (Å²) in [7, 11) is 0. The number of hydrogen-bond acceptors (Lipinski definition) is 4. The maximum absolute atomic E-state index is 11.9. The summed E-state index contributed by atoms with van der Waals surface area (Å²) in [6, 6.07) is -0.905. The molecule has 2 rings (SSSR count). The number of nitrogens with zero attached hydrogens (tertiary/aromatic N) is 1. The van der Waals surface area contributed by atoms with Crippen molar-refractivity contribution in [2.45, 2.75) is 45.3 Å². The minimum absolute atomic E-state index is 0.0696. The van der Waals surface area contributed by atoms with E-state index in [1.165, 1.54) is 0 Å². The molecule has 0 aromatic carbocycles. The third-order valence-corrected chi connectivity index (χ3v) is 3.47.